The lowest BCUT2D eigenvalue weighted by molar-refractivity contribution is 0.414. The van der Waals surface area contributed by atoms with Crippen LogP contribution in [0.4, 0.5) is 0 Å². The summed E-state index contributed by atoms with van der Waals surface area (Å²) < 4.78 is 10.3. The number of methoxy groups -OCH3 is 2. The van der Waals surface area contributed by atoms with Crippen molar-refractivity contribution >= 4 is 11.6 Å². The zero-order valence-electron chi connectivity index (χ0n) is 12.5. The van der Waals surface area contributed by atoms with Crippen LogP contribution in [0, 0.1) is 0 Å². The van der Waals surface area contributed by atoms with E-state index in [1.165, 1.54) is 11.1 Å². The molecule has 0 fully saturated rings. The first-order valence-electron chi connectivity index (χ1n) is 7.11. The van der Waals surface area contributed by atoms with Crippen molar-refractivity contribution in [1.29, 1.82) is 0 Å². The number of ether oxygens (including phenoxy) is 2. The van der Waals surface area contributed by atoms with Crippen LogP contribution in [-0.2, 0) is 12.8 Å². The van der Waals surface area contributed by atoms with E-state index < -0.39 is 0 Å². The smallest absolute Gasteiger partial charge is 0.118 e. The van der Waals surface area contributed by atoms with Crippen LogP contribution in [0.1, 0.15) is 17.5 Å². The van der Waals surface area contributed by atoms with Crippen molar-refractivity contribution in [2.24, 2.45) is 0 Å². The second kappa shape index (κ2) is 7.94. The maximum atomic E-state index is 6.44. The van der Waals surface area contributed by atoms with E-state index in [1.807, 2.05) is 24.3 Å². The SMILES string of the molecule is COc1ccc(CCC(Cl)Cc2ccc(OC)cc2)cc1. The Bertz CT molecular complexity index is 534. The number of aryl methyl sites for hydroxylation is 1. The Kier molecular flexibility index (Phi) is 5.94. The average molecular weight is 305 g/mol. The van der Waals surface area contributed by atoms with Gasteiger partial charge in [0, 0.05) is 5.38 Å². The molecule has 112 valence electrons. The van der Waals surface area contributed by atoms with Gasteiger partial charge < -0.3 is 9.47 Å². The van der Waals surface area contributed by atoms with Crippen LogP contribution in [-0.4, -0.2) is 19.6 Å². The van der Waals surface area contributed by atoms with E-state index in [4.69, 9.17) is 21.1 Å². The standard InChI is InChI=1S/C18H21ClO2/c1-20-17-9-4-14(5-10-17)3-8-16(19)13-15-6-11-18(21-2)12-7-15/h4-7,9-12,16H,3,8,13H2,1-2H3. The lowest BCUT2D eigenvalue weighted by Gasteiger charge is -2.10. The van der Waals surface area contributed by atoms with Crippen molar-refractivity contribution in [3.05, 3.63) is 59.7 Å². The summed E-state index contributed by atoms with van der Waals surface area (Å²) in [4.78, 5) is 0. The molecular weight excluding hydrogens is 284 g/mol. The Balaban J connectivity index is 1.81. The Morgan fingerprint density at radius 1 is 0.810 bits per heavy atom. The molecule has 0 amide bonds. The Hall–Kier alpha value is -1.67. The van der Waals surface area contributed by atoms with Gasteiger partial charge in [-0.1, -0.05) is 24.3 Å². The van der Waals surface area contributed by atoms with Gasteiger partial charge in [-0.15, -0.1) is 11.6 Å². The normalized spacial score (nSPS) is 12.0. The Morgan fingerprint density at radius 3 is 1.76 bits per heavy atom. The van der Waals surface area contributed by atoms with Gasteiger partial charge in [0.05, 0.1) is 14.2 Å². The molecule has 0 saturated heterocycles. The molecule has 0 aliphatic rings. The van der Waals surface area contributed by atoms with E-state index in [2.05, 4.69) is 24.3 Å². The largest absolute Gasteiger partial charge is 0.497 e. The number of benzene rings is 2. The molecule has 0 aromatic heterocycles. The molecular formula is C18H21ClO2. The fourth-order valence-electron chi connectivity index (χ4n) is 2.23. The van der Waals surface area contributed by atoms with Crippen LogP contribution < -0.4 is 9.47 Å². The maximum absolute atomic E-state index is 6.44. The predicted octanol–water partition coefficient (Wildman–Crippen LogP) is 4.49. The lowest BCUT2D eigenvalue weighted by Crippen LogP contribution is -2.05. The van der Waals surface area contributed by atoms with Gasteiger partial charge in [0.15, 0.2) is 0 Å². The van der Waals surface area contributed by atoms with E-state index in [1.54, 1.807) is 14.2 Å². The molecule has 3 heteroatoms. The van der Waals surface area contributed by atoms with Crippen molar-refractivity contribution in [1.82, 2.24) is 0 Å². The Morgan fingerprint density at radius 2 is 1.29 bits per heavy atom. The molecule has 1 unspecified atom stereocenters. The van der Waals surface area contributed by atoms with Gasteiger partial charge >= 0.3 is 0 Å². The highest BCUT2D eigenvalue weighted by molar-refractivity contribution is 6.20. The van der Waals surface area contributed by atoms with Crippen molar-refractivity contribution in [2.45, 2.75) is 24.6 Å². The first kappa shape index (κ1) is 15.7. The number of halogens is 1. The highest BCUT2D eigenvalue weighted by Gasteiger charge is 2.07. The molecule has 0 saturated carbocycles. The van der Waals surface area contributed by atoms with Gasteiger partial charge in [0.2, 0.25) is 0 Å². The first-order chi connectivity index (χ1) is 10.2. The molecule has 21 heavy (non-hydrogen) atoms. The van der Waals surface area contributed by atoms with Gasteiger partial charge in [-0.25, -0.2) is 0 Å². The van der Waals surface area contributed by atoms with Crippen LogP contribution >= 0.6 is 11.6 Å². The van der Waals surface area contributed by atoms with Crippen LogP contribution in [0.15, 0.2) is 48.5 Å². The third-order valence-electron chi connectivity index (χ3n) is 3.52. The topological polar surface area (TPSA) is 18.5 Å². The van der Waals surface area contributed by atoms with Crippen LogP contribution in [0.25, 0.3) is 0 Å². The van der Waals surface area contributed by atoms with Gasteiger partial charge in [0.1, 0.15) is 11.5 Å². The lowest BCUT2D eigenvalue weighted by atomic mass is 10.0. The molecule has 0 spiro atoms. The maximum Gasteiger partial charge on any atom is 0.118 e. The summed E-state index contributed by atoms with van der Waals surface area (Å²) in [6.07, 6.45) is 2.82. The van der Waals surface area contributed by atoms with Gasteiger partial charge in [-0.2, -0.15) is 0 Å². The minimum Gasteiger partial charge on any atom is -0.497 e. The van der Waals surface area contributed by atoms with E-state index in [9.17, 15) is 0 Å². The summed E-state index contributed by atoms with van der Waals surface area (Å²) in [6.45, 7) is 0. The minimum atomic E-state index is 0.139. The molecule has 0 bridgehead atoms. The number of hydrogen-bond acceptors (Lipinski definition) is 2. The quantitative estimate of drug-likeness (QED) is 0.702. The zero-order chi connectivity index (χ0) is 15.1. The molecule has 0 N–H and O–H groups in total. The summed E-state index contributed by atoms with van der Waals surface area (Å²) in [5, 5.41) is 0.139. The van der Waals surface area contributed by atoms with E-state index >= 15 is 0 Å². The highest BCUT2D eigenvalue weighted by Crippen LogP contribution is 2.18. The summed E-state index contributed by atoms with van der Waals surface area (Å²) in [5.41, 5.74) is 2.53. The third kappa shape index (κ3) is 4.98. The molecule has 1 atom stereocenters. The van der Waals surface area contributed by atoms with Gasteiger partial charge in [0.25, 0.3) is 0 Å². The minimum absolute atomic E-state index is 0.139. The molecule has 2 nitrogen and oxygen atoms in total. The number of hydrogen-bond donors (Lipinski definition) is 0. The summed E-state index contributed by atoms with van der Waals surface area (Å²) in [6, 6.07) is 16.3. The summed E-state index contributed by atoms with van der Waals surface area (Å²) >= 11 is 6.44. The average Bonchev–Trinajstić information content (AvgIpc) is 2.54. The molecule has 2 aromatic rings. The fourth-order valence-corrected chi connectivity index (χ4v) is 2.52. The molecule has 0 radical (unpaired) electrons. The molecule has 2 aromatic carbocycles. The van der Waals surface area contributed by atoms with Crippen LogP contribution in [0.2, 0.25) is 0 Å². The summed E-state index contributed by atoms with van der Waals surface area (Å²) in [7, 11) is 3.35. The van der Waals surface area contributed by atoms with Crippen molar-refractivity contribution in [3.8, 4) is 11.5 Å². The van der Waals surface area contributed by atoms with E-state index in [0.29, 0.717) is 0 Å². The number of alkyl halides is 1. The van der Waals surface area contributed by atoms with E-state index in [0.717, 1.165) is 30.8 Å². The monoisotopic (exact) mass is 304 g/mol. The number of rotatable bonds is 7. The zero-order valence-corrected chi connectivity index (χ0v) is 13.3. The van der Waals surface area contributed by atoms with Crippen LogP contribution in [0.3, 0.4) is 0 Å². The van der Waals surface area contributed by atoms with E-state index in [-0.39, 0.29) is 5.38 Å². The van der Waals surface area contributed by atoms with Crippen molar-refractivity contribution < 1.29 is 9.47 Å². The van der Waals surface area contributed by atoms with Crippen molar-refractivity contribution in [3.63, 3.8) is 0 Å². The van der Waals surface area contributed by atoms with Crippen LogP contribution in [0.5, 0.6) is 11.5 Å². The van der Waals surface area contributed by atoms with Gasteiger partial charge in [-0.3, -0.25) is 0 Å². The Labute approximate surface area is 131 Å². The second-order valence-electron chi connectivity index (χ2n) is 5.04. The molecule has 0 aliphatic heterocycles. The second-order valence-corrected chi connectivity index (χ2v) is 5.65. The van der Waals surface area contributed by atoms with Gasteiger partial charge in [-0.05, 0) is 54.7 Å². The molecule has 0 heterocycles. The summed E-state index contributed by atoms with van der Waals surface area (Å²) in [5.74, 6) is 1.77. The fraction of sp³-hybridized carbons (Fsp3) is 0.333. The molecule has 0 aliphatic carbocycles. The first-order valence-corrected chi connectivity index (χ1v) is 7.55. The third-order valence-corrected chi connectivity index (χ3v) is 3.89. The van der Waals surface area contributed by atoms with Crippen molar-refractivity contribution in [2.75, 3.05) is 14.2 Å². The predicted molar refractivity (Wildman–Crippen MR) is 87.7 cm³/mol. The highest BCUT2D eigenvalue weighted by atomic mass is 35.5. The molecule has 2 rings (SSSR count).